The Bertz CT molecular complexity index is 358. The normalized spacial score (nSPS) is 11.9. The lowest BCUT2D eigenvalue weighted by molar-refractivity contribution is -0.122. The Kier molecular flexibility index (Phi) is 6.22. The molecule has 1 aromatic carbocycles. The van der Waals surface area contributed by atoms with Gasteiger partial charge >= 0.3 is 0 Å². The zero-order chi connectivity index (χ0) is 13.4. The molecular weight excluding hydrogens is 230 g/mol. The summed E-state index contributed by atoms with van der Waals surface area (Å²) in [6.07, 6.45) is 1.02. The standard InChI is InChI=1S/C14H21NO3/c1-3-12(10-16)15-14(17)8-9-18-13-6-4-11(2)5-7-13/h4-7,12,16H,3,8-10H2,1-2H3,(H,15,17)/t12-/m1/s1. The maximum absolute atomic E-state index is 11.5. The van der Waals surface area contributed by atoms with Crippen LogP contribution in [0.25, 0.3) is 0 Å². The number of aliphatic hydroxyl groups is 1. The highest BCUT2D eigenvalue weighted by Crippen LogP contribution is 2.11. The summed E-state index contributed by atoms with van der Waals surface area (Å²) in [5.41, 5.74) is 1.17. The summed E-state index contributed by atoms with van der Waals surface area (Å²) >= 11 is 0. The predicted molar refractivity (Wildman–Crippen MR) is 70.6 cm³/mol. The second kappa shape index (κ2) is 7.71. The third kappa shape index (κ3) is 5.19. The van der Waals surface area contributed by atoms with Crippen LogP contribution >= 0.6 is 0 Å². The summed E-state index contributed by atoms with van der Waals surface area (Å²) in [4.78, 5) is 11.5. The molecule has 0 aromatic heterocycles. The van der Waals surface area contributed by atoms with Crippen LogP contribution in [0.1, 0.15) is 25.3 Å². The molecule has 0 saturated carbocycles. The van der Waals surface area contributed by atoms with Gasteiger partial charge in [0.25, 0.3) is 0 Å². The van der Waals surface area contributed by atoms with Gasteiger partial charge < -0.3 is 15.2 Å². The van der Waals surface area contributed by atoms with Gasteiger partial charge in [-0.2, -0.15) is 0 Å². The Morgan fingerprint density at radius 3 is 2.61 bits per heavy atom. The number of aliphatic hydroxyl groups excluding tert-OH is 1. The van der Waals surface area contributed by atoms with Gasteiger partial charge in [-0.3, -0.25) is 4.79 Å². The molecule has 0 aliphatic heterocycles. The highest BCUT2D eigenvalue weighted by molar-refractivity contribution is 5.76. The molecular formula is C14H21NO3. The molecule has 4 heteroatoms. The zero-order valence-corrected chi connectivity index (χ0v) is 11.0. The zero-order valence-electron chi connectivity index (χ0n) is 11.0. The van der Waals surface area contributed by atoms with Gasteiger partial charge in [-0.25, -0.2) is 0 Å². The first kappa shape index (κ1) is 14.5. The van der Waals surface area contributed by atoms with Crippen LogP contribution in [-0.2, 0) is 4.79 Å². The lowest BCUT2D eigenvalue weighted by atomic mass is 10.2. The summed E-state index contributed by atoms with van der Waals surface area (Å²) in [5, 5.41) is 11.7. The molecule has 0 spiro atoms. The number of aryl methyl sites for hydroxylation is 1. The van der Waals surface area contributed by atoms with Crippen LogP contribution in [0.3, 0.4) is 0 Å². The maximum atomic E-state index is 11.5. The van der Waals surface area contributed by atoms with Crippen LogP contribution < -0.4 is 10.1 Å². The predicted octanol–water partition coefficient (Wildman–Crippen LogP) is 1.65. The molecule has 0 fully saturated rings. The van der Waals surface area contributed by atoms with E-state index in [1.165, 1.54) is 5.56 Å². The van der Waals surface area contributed by atoms with Crippen molar-refractivity contribution in [3.8, 4) is 5.75 Å². The van der Waals surface area contributed by atoms with Gasteiger partial charge in [0, 0.05) is 0 Å². The van der Waals surface area contributed by atoms with Gasteiger partial charge in [-0.1, -0.05) is 24.6 Å². The Labute approximate surface area is 108 Å². The van der Waals surface area contributed by atoms with Gasteiger partial charge in [0.2, 0.25) is 5.91 Å². The highest BCUT2D eigenvalue weighted by Gasteiger charge is 2.08. The Morgan fingerprint density at radius 1 is 1.39 bits per heavy atom. The van der Waals surface area contributed by atoms with Crippen LogP contribution in [0.2, 0.25) is 0 Å². The van der Waals surface area contributed by atoms with Gasteiger partial charge in [-0.15, -0.1) is 0 Å². The monoisotopic (exact) mass is 251 g/mol. The number of carbonyl (C=O) groups is 1. The third-order valence-electron chi connectivity index (χ3n) is 2.70. The fourth-order valence-electron chi connectivity index (χ4n) is 1.47. The van der Waals surface area contributed by atoms with E-state index in [1.807, 2.05) is 38.1 Å². The number of hydrogen-bond acceptors (Lipinski definition) is 3. The fourth-order valence-corrected chi connectivity index (χ4v) is 1.47. The van der Waals surface area contributed by atoms with Crippen LogP contribution in [0.15, 0.2) is 24.3 Å². The Morgan fingerprint density at radius 2 is 2.06 bits per heavy atom. The second-order valence-electron chi connectivity index (χ2n) is 4.27. The number of ether oxygens (including phenoxy) is 1. The molecule has 0 radical (unpaired) electrons. The first-order valence-electron chi connectivity index (χ1n) is 6.25. The molecule has 0 aliphatic rings. The number of nitrogens with one attached hydrogen (secondary N) is 1. The molecule has 0 bridgehead atoms. The number of hydrogen-bond donors (Lipinski definition) is 2. The molecule has 1 rings (SSSR count). The van der Waals surface area contributed by atoms with E-state index in [2.05, 4.69) is 5.32 Å². The molecule has 0 unspecified atom stereocenters. The molecule has 18 heavy (non-hydrogen) atoms. The molecule has 1 atom stereocenters. The lowest BCUT2D eigenvalue weighted by Crippen LogP contribution is -2.37. The minimum Gasteiger partial charge on any atom is -0.493 e. The van der Waals surface area contributed by atoms with Crippen molar-refractivity contribution < 1.29 is 14.6 Å². The van der Waals surface area contributed by atoms with E-state index in [1.54, 1.807) is 0 Å². The number of amides is 1. The van der Waals surface area contributed by atoms with Gasteiger partial charge in [0.15, 0.2) is 0 Å². The maximum Gasteiger partial charge on any atom is 0.223 e. The minimum atomic E-state index is -0.156. The number of benzene rings is 1. The smallest absolute Gasteiger partial charge is 0.223 e. The summed E-state index contributed by atoms with van der Waals surface area (Å²) in [5.74, 6) is 0.672. The first-order valence-corrected chi connectivity index (χ1v) is 6.25. The van der Waals surface area contributed by atoms with Gasteiger partial charge in [0.1, 0.15) is 5.75 Å². The molecule has 1 aromatic rings. The van der Waals surface area contributed by atoms with Gasteiger partial charge in [-0.05, 0) is 25.5 Å². The number of rotatable bonds is 7. The first-order chi connectivity index (χ1) is 8.65. The van der Waals surface area contributed by atoms with Crippen LogP contribution in [-0.4, -0.2) is 30.3 Å². The van der Waals surface area contributed by atoms with Gasteiger partial charge in [0.05, 0.1) is 25.7 Å². The Balaban J connectivity index is 2.25. The van der Waals surface area contributed by atoms with Crippen LogP contribution in [0.5, 0.6) is 5.75 Å². The minimum absolute atomic E-state index is 0.0267. The van der Waals surface area contributed by atoms with Crippen LogP contribution in [0, 0.1) is 6.92 Å². The molecule has 100 valence electrons. The quantitative estimate of drug-likeness (QED) is 0.774. The van der Waals surface area contributed by atoms with E-state index in [9.17, 15) is 4.79 Å². The van der Waals surface area contributed by atoms with E-state index >= 15 is 0 Å². The van der Waals surface area contributed by atoms with Crippen molar-refractivity contribution in [1.82, 2.24) is 5.32 Å². The largest absolute Gasteiger partial charge is 0.493 e. The molecule has 1 amide bonds. The van der Waals surface area contributed by atoms with Crippen LogP contribution in [0.4, 0.5) is 0 Å². The molecule has 4 nitrogen and oxygen atoms in total. The SMILES string of the molecule is CC[C@H](CO)NC(=O)CCOc1ccc(C)cc1. The van der Waals surface area contributed by atoms with Crippen molar-refractivity contribution in [2.75, 3.05) is 13.2 Å². The van der Waals surface area contributed by atoms with Crippen molar-refractivity contribution >= 4 is 5.91 Å². The molecule has 0 heterocycles. The van der Waals surface area contributed by atoms with E-state index < -0.39 is 0 Å². The Hall–Kier alpha value is -1.55. The fraction of sp³-hybridized carbons (Fsp3) is 0.500. The van der Waals surface area contributed by atoms with Crippen molar-refractivity contribution in [3.63, 3.8) is 0 Å². The molecule has 2 N–H and O–H groups in total. The summed E-state index contributed by atoms with van der Waals surface area (Å²) in [6.45, 7) is 4.25. The number of carbonyl (C=O) groups excluding carboxylic acids is 1. The van der Waals surface area contributed by atoms with E-state index in [0.29, 0.717) is 13.0 Å². The average Bonchev–Trinajstić information content (AvgIpc) is 2.38. The van der Waals surface area contributed by atoms with Crippen molar-refractivity contribution in [3.05, 3.63) is 29.8 Å². The highest BCUT2D eigenvalue weighted by atomic mass is 16.5. The lowest BCUT2D eigenvalue weighted by Gasteiger charge is -2.14. The molecule has 0 aliphatic carbocycles. The second-order valence-corrected chi connectivity index (χ2v) is 4.27. The summed E-state index contributed by atoms with van der Waals surface area (Å²) in [6, 6.07) is 7.55. The van der Waals surface area contributed by atoms with Crippen molar-refractivity contribution in [2.45, 2.75) is 32.7 Å². The average molecular weight is 251 g/mol. The topological polar surface area (TPSA) is 58.6 Å². The van der Waals surface area contributed by atoms with E-state index in [0.717, 1.165) is 12.2 Å². The third-order valence-corrected chi connectivity index (χ3v) is 2.70. The summed E-state index contributed by atoms with van der Waals surface area (Å²) in [7, 11) is 0. The van der Waals surface area contributed by atoms with Crippen molar-refractivity contribution in [1.29, 1.82) is 0 Å². The van der Waals surface area contributed by atoms with Crippen molar-refractivity contribution in [2.24, 2.45) is 0 Å². The van der Waals surface area contributed by atoms with E-state index in [-0.39, 0.29) is 18.6 Å². The summed E-state index contributed by atoms with van der Waals surface area (Å²) < 4.78 is 5.46. The molecule has 0 saturated heterocycles. The van der Waals surface area contributed by atoms with E-state index in [4.69, 9.17) is 9.84 Å².